The summed E-state index contributed by atoms with van der Waals surface area (Å²) in [6.07, 6.45) is 8.66. The smallest absolute Gasteiger partial charge is 0.128 e. The van der Waals surface area contributed by atoms with Gasteiger partial charge in [-0.2, -0.15) is 5.10 Å². The molecule has 4 nitrogen and oxygen atoms in total. The lowest BCUT2D eigenvalue weighted by molar-refractivity contribution is 0.225. The van der Waals surface area contributed by atoms with Gasteiger partial charge in [0.2, 0.25) is 0 Å². The van der Waals surface area contributed by atoms with Crippen LogP contribution in [-0.2, 0) is 25.9 Å². The number of aryl methyl sites for hydroxylation is 1. The van der Waals surface area contributed by atoms with Crippen LogP contribution in [-0.4, -0.2) is 34.3 Å². The first-order valence-corrected chi connectivity index (χ1v) is 13.9. The number of aromatic nitrogens is 2. The third-order valence-electron chi connectivity index (χ3n) is 8.20. The van der Waals surface area contributed by atoms with Crippen molar-refractivity contribution < 1.29 is 4.74 Å². The number of rotatable bonds is 8. The van der Waals surface area contributed by atoms with E-state index in [4.69, 9.17) is 4.74 Å². The van der Waals surface area contributed by atoms with Crippen LogP contribution in [0.15, 0.2) is 85.2 Å². The molecule has 0 N–H and O–H groups in total. The molecule has 0 amide bonds. The minimum absolute atomic E-state index is 0.405. The molecule has 0 aliphatic heterocycles. The van der Waals surface area contributed by atoms with E-state index in [2.05, 4.69) is 109 Å². The molecular weight excluding hydrogens is 466 g/mol. The molecule has 4 aromatic carbocycles. The van der Waals surface area contributed by atoms with Gasteiger partial charge in [-0.15, -0.1) is 0 Å². The second kappa shape index (κ2) is 10.6. The number of nitrogens with zero attached hydrogens (tertiary/aromatic N) is 3. The molecule has 1 unspecified atom stereocenters. The van der Waals surface area contributed by atoms with Crippen molar-refractivity contribution in [2.24, 2.45) is 0 Å². The van der Waals surface area contributed by atoms with E-state index in [0.717, 1.165) is 31.6 Å². The molecule has 1 atom stereocenters. The summed E-state index contributed by atoms with van der Waals surface area (Å²) in [7, 11) is 2.29. The summed E-state index contributed by atoms with van der Waals surface area (Å²) in [5, 5.41) is 9.66. The fraction of sp³-hybridized carbons (Fsp3) is 0.324. The Morgan fingerprint density at radius 2 is 1.68 bits per heavy atom. The predicted molar refractivity (Wildman–Crippen MR) is 157 cm³/mol. The molecule has 194 valence electrons. The van der Waals surface area contributed by atoms with Gasteiger partial charge < -0.3 is 9.64 Å². The molecule has 38 heavy (non-hydrogen) atoms. The van der Waals surface area contributed by atoms with Gasteiger partial charge in [0, 0.05) is 30.2 Å². The van der Waals surface area contributed by atoms with Gasteiger partial charge in [-0.05, 0) is 91.1 Å². The lowest BCUT2D eigenvalue weighted by Crippen LogP contribution is -2.37. The quantitative estimate of drug-likeness (QED) is 0.207. The fourth-order valence-corrected chi connectivity index (χ4v) is 5.89. The topological polar surface area (TPSA) is 30.3 Å². The van der Waals surface area contributed by atoms with Crippen LogP contribution in [0.5, 0.6) is 5.75 Å². The third-order valence-corrected chi connectivity index (χ3v) is 8.20. The summed E-state index contributed by atoms with van der Waals surface area (Å²) in [6.45, 7) is 5.97. The molecule has 6 rings (SSSR count). The number of ether oxygens (including phenoxy) is 1. The predicted octanol–water partition coefficient (Wildman–Crippen LogP) is 7.38. The maximum Gasteiger partial charge on any atom is 0.128 e. The van der Waals surface area contributed by atoms with Gasteiger partial charge in [0.1, 0.15) is 12.4 Å². The van der Waals surface area contributed by atoms with Gasteiger partial charge >= 0.3 is 0 Å². The summed E-state index contributed by atoms with van der Waals surface area (Å²) in [5.41, 5.74) is 5.49. The van der Waals surface area contributed by atoms with Crippen molar-refractivity contribution in [2.45, 2.75) is 58.2 Å². The first kappa shape index (κ1) is 24.7. The fourth-order valence-electron chi connectivity index (χ4n) is 5.89. The monoisotopic (exact) mass is 503 g/mol. The largest absolute Gasteiger partial charge is 0.488 e. The summed E-state index contributed by atoms with van der Waals surface area (Å²) >= 11 is 0. The van der Waals surface area contributed by atoms with Gasteiger partial charge in [0.25, 0.3) is 0 Å². The second-order valence-corrected chi connectivity index (χ2v) is 11.0. The zero-order valence-electron chi connectivity index (χ0n) is 22.7. The van der Waals surface area contributed by atoms with Crippen LogP contribution in [0.3, 0.4) is 0 Å². The van der Waals surface area contributed by atoms with Crippen LogP contribution in [0, 0.1) is 0 Å². The molecule has 0 spiro atoms. The average Bonchev–Trinajstić information content (AvgIpc) is 3.44. The summed E-state index contributed by atoms with van der Waals surface area (Å²) in [5.74, 6) is 0.975. The molecule has 1 aromatic heterocycles. The molecule has 0 saturated heterocycles. The van der Waals surface area contributed by atoms with E-state index in [1.54, 1.807) is 0 Å². The van der Waals surface area contributed by atoms with Crippen molar-refractivity contribution in [3.8, 4) is 5.75 Å². The van der Waals surface area contributed by atoms with Crippen molar-refractivity contribution in [3.63, 3.8) is 0 Å². The van der Waals surface area contributed by atoms with E-state index in [-0.39, 0.29) is 0 Å². The first-order chi connectivity index (χ1) is 18.6. The van der Waals surface area contributed by atoms with Crippen LogP contribution in [0.1, 0.15) is 48.6 Å². The molecule has 0 fully saturated rings. The Morgan fingerprint density at radius 3 is 2.47 bits per heavy atom. The van der Waals surface area contributed by atoms with E-state index in [1.807, 2.05) is 12.3 Å². The van der Waals surface area contributed by atoms with Crippen LogP contribution in [0.25, 0.3) is 21.5 Å². The average molecular weight is 504 g/mol. The molecule has 0 saturated carbocycles. The lowest BCUT2D eigenvalue weighted by atomic mass is 9.83. The highest BCUT2D eigenvalue weighted by molar-refractivity contribution is 6.11. The van der Waals surface area contributed by atoms with Gasteiger partial charge in [0.05, 0.1) is 6.20 Å². The Balaban J connectivity index is 1.28. The number of hydrogen-bond acceptors (Lipinski definition) is 3. The molecule has 0 bridgehead atoms. The molecule has 0 radical (unpaired) electrons. The van der Waals surface area contributed by atoms with E-state index in [0.29, 0.717) is 18.7 Å². The van der Waals surface area contributed by atoms with E-state index in [9.17, 15) is 0 Å². The van der Waals surface area contributed by atoms with Crippen molar-refractivity contribution in [1.29, 1.82) is 0 Å². The maximum absolute atomic E-state index is 6.47. The number of benzene rings is 4. The van der Waals surface area contributed by atoms with Crippen molar-refractivity contribution in [1.82, 2.24) is 14.7 Å². The molecular formula is C34H37N3O. The highest BCUT2D eigenvalue weighted by atomic mass is 16.5. The molecule has 1 aliphatic rings. The summed E-state index contributed by atoms with van der Waals surface area (Å²) in [6, 6.07) is 27.1. The lowest BCUT2D eigenvalue weighted by Gasteiger charge is -2.33. The van der Waals surface area contributed by atoms with Crippen LogP contribution in [0.2, 0.25) is 0 Å². The normalized spacial score (nSPS) is 15.4. The van der Waals surface area contributed by atoms with E-state index >= 15 is 0 Å². The van der Waals surface area contributed by atoms with Crippen molar-refractivity contribution in [2.75, 3.05) is 13.6 Å². The van der Waals surface area contributed by atoms with Crippen molar-refractivity contribution in [3.05, 3.63) is 107 Å². The maximum atomic E-state index is 6.47. The highest BCUT2D eigenvalue weighted by Gasteiger charge is 2.24. The number of hydrogen-bond donors (Lipinski definition) is 0. The standard InChI is InChI=1S/C34H37N3O/c1-24(2)37-22-26(21-35-37)17-18-36(3)28-15-13-27-14-16-30-29-11-7-8-12-31(29)34(20-33(30)32(27)19-28)38-23-25-9-5-4-6-10-25/h4-12,14,16,20-22,24,28H,13,15,17-19,23H2,1-3H3. The Labute approximate surface area is 225 Å². The van der Waals surface area contributed by atoms with Gasteiger partial charge in [0.15, 0.2) is 0 Å². The minimum Gasteiger partial charge on any atom is -0.488 e. The minimum atomic E-state index is 0.405. The van der Waals surface area contributed by atoms with Crippen LogP contribution < -0.4 is 4.74 Å². The Hall–Kier alpha value is -3.63. The SMILES string of the molecule is CC(C)n1cc(CCN(C)C2CCc3ccc4c(cc(OCc5ccccc5)c5ccccc54)c3C2)cn1. The van der Waals surface area contributed by atoms with E-state index < -0.39 is 0 Å². The van der Waals surface area contributed by atoms with Gasteiger partial charge in [-0.1, -0.05) is 66.7 Å². The van der Waals surface area contributed by atoms with Crippen molar-refractivity contribution >= 4 is 21.5 Å². The highest BCUT2D eigenvalue weighted by Crippen LogP contribution is 2.39. The van der Waals surface area contributed by atoms with Gasteiger partial charge in [-0.3, -0.25) is 4.68 Å². The Bertz CT molecular complexity index is 1550. The Kier molecular flexibility index (Phi) is 6.90. The van der Waals surface area contributed by atoms with Gasteiger partial charge in [-0.25, -0.2) is 0 Å². The molecule has 1 aliphatic carbocycles. The van der Waals surface area contributed by atoms with E-state index in [1.165, 1.54) is 50.2 Å². The zero-order chi connectivity index (χ0) is 26.1. The summed E-state index contributed by atoms with van der Waals surface area (Å²) < 4.78 is 8.52. The summed E-state index contributed by atoms with van der Waals surface area (Å²) in [4.78, 5) is 2.56. The number of fused-ring (bicyclic) bond motifs is 5. The second-order valence-electron chi connectivity index (χ2n) is 11.0. The Morgan fingerprint density at radius 1 is 0.921 bits per heavy atom. The molecule has 4 heteroatoms. The molecule has 1 heterocycles. The number of likely N-dealkylation sites (N-methyl/N-ethyl adjacent to an activating group) is 1. The van der Waals surface area contributed by atoms with Crippen LogP contribution in [0.4, 0.5) is 0 Å². The van der Waals surface area contributed by atoms with Crippen LogP contribution >= 0.6 is 0 Å². The third kappa shape index (κ3) is 4.93. The molecule has 5 aromatic rings. The first-order valence-electron chi connectivity index (χ1n) is 13.9. The zero-order valence-corrected chi connectivity index (χ0v) is 22.7.